The fourth-order valence-corrected chi connectivity index (χ4v) is 2.24. The lowest BCUT2D eigenvalue weighted by atomic mass is 10.1. The van der Waals surface area contributed by atoms with Crippen LogP contribution in [-0.2, 0) is 16.0 Å². The van der Waals surface area contributed by atoms with E-state index >= 15 is 0 Å². The smallest absolute Gasteiger partial charge is 0.335 e. The number of amides is 1. The maximum absolute atomic E-state index is 12.0. The van der Waals surface area contributed by atoms with Crippen molar-refractivity contribution in [1.29, 1.82) is 0 Å². The molecule has 5 nitrogen and oxygen atoms in total. The molecule has 5 heteroatoms. The van der Waals surface area contributed by atoms with Gasteiger partial charge in [-0.3, -0.25) is 4.79 Å². The van der Waals surface area contributed by atoms with Gasteiger partial charge in [0.25, 0.3) is 0 Å². The van der Waals surface area contributed by atoms with Crippen molar-refractivity contribution >= 4 is 17.6 Å². The van der Waals surface area contributed by atoms with Crippen molar-refractivity contribution in [3.8, 4) is 0 Å². The van der Waals surface area contributed by atoms with Gasteiger partial charge < -0.3 is 14.7 Å². The van der Waals surface area contributed by atoms with Crippen LogP contribution in [-0.4, -0.2) is 36.7 Å². The number of ether oxygens (including phenoxy) is 1. The zero-order valence-electron chi connectivity index (χ0n) is 11.6. The van der Waals surface area contributed by atoms with Crippen LogP contribution in [0.5, 0.6) is 0 Å². The van der Waals surface area contributed by atoms with Crippen molar-refractivity contribution in [1.82, 2.24) is 0 Å². The summed E-state index contributed by atoms with van der Waals surface area (Å²) in [7, 11) is 0. The first kappa shape index (κ1) is 14.5. The first-order chi connectivity index (χ1) is 9.63. The molecule has 1 aromatic carbocycles. The first-order valence-electron chi connectivity index (χ1n) is 6.87. The molecule has 1 aliphatic rings. The number of unbranched alkanes of at least 4 members (excludes halogenated alkanes) is 1. The molecule has 0 radical (unpaired) electrons. The number of hydrogen-bond acceptors (Lipinski definition) is 3. The van der Waals surface area contributed by atoms with E-state index in [2.05, 4.69) is 6.92 Å². The molecule has 0 bridgehead atoms. The third-order valence-corrected chi connectivity index (χ3v) is 3.37. The van der Waals surface area contributed by atoms with E-state index in [0.29, 0.717) is 31.9 Å². The predicted octanol–water partition coefficient (Wildman–Crippen LogP) is 2.09. The number of nitrogens with zero attached hydrogens (tertiary/aromatic N) is 1. The van der Waals surface area contributed by atoms with Gasteiger partial charge in [0.2, 0.25) is 5.91 Å². The van der Waals surface area contributed by atoms with Gasteiger partial charge >= 0.3 is 5.97 Å². The average molecular weight is 277 g/mol. The summed E-state index contributed by atoms with van der Waals surface area (Å²) in [6, 6.07) is 4.82. The molecule has 1 aromatic rings. The highest BCUT2D eigenvalue weighted by Crippen LogP contribution is 2.29. The van der Waals surface area contributed by atoms with Crippen molar-refractivity contribution in [2.24, 2.45) is 0 Å². The molecule has 0 saturated carbocycles. The van der Waals surface area contributed by atoms with Gasteiger partial charge in [0.15, 0.2) is 0 Å². The van der Waals surface area contributed by atoms with Gasteiger partial charge in [-0.25, -0.2) is 4.79 Å². The summed E-state index contributed by atoms with van der Waals surface area (Å²) in [5, 5.41) is 9.01. The number of hydrogen-bond donors (Lipinski definition) is 1. The van der Waals surface area contributed by atoms with Gasteiger partial charge in [-0.05, 0) is 24.1 Å². The highest BCUT2D eigenvalue weighted by atomic mass is 16.5. The van der Waals surface area contributed by atoms with Crippen LogP contribution in [0.4, 0.5) is 5.69 Å². The Kier molecular flexibility index (Phi) is 4.74. The number of aromatic carboxylic acids is 1. The summed E-state index contributed by atoms with van der Waals surface area (Å²) in [5.74, 6) is -0.979. The Morgan fingerprint density at radius 2 is 2.20 bits per heavy atom. The zero-order valence-corrected chi connectivity index (χ0v) is 11.6. The standard InChI is InChI=1S/C15H19NO4/c1-2-3-7-20-8-6-16-13-9-12(15(18)19)5-4-11(13)10-14(16)17/h4-5,9H,2-3,6-8,10H2,1H3,(H,18,19). The minimum absolute atomic E-state index is 0.00151. The maximum Gasteiger partial charge on any atom is 0.335 e. The van der Waals surface area contributed by atoms with Crippen molar-refractivity contribution < 1.29 is 19.4 Å². The molecule has 2 rings (SSSR count). The lowest BCUT2D eigenvalue weighted by Crippen LogP contribution is -2.30. The summed E-state index contributed by atoms with van der Waals surface area (Å²) in [6.45, 7) is 3.73. The lowest BCUT2D eigenvalue weighted by molar-refractivity contribution is -0.117. The minimum Gasteiger partial charge on any atom is -0.478 e. The topological polar surface area (TPSA) is 66.8 Å². The third kappa shape index (κ3) is 3.17. The van der Waals surface area contributed by atoms with E-state index < -0.39 is 5.97 Å². The monoisotopic (exact) mass is 277 g/mol. The first-order valence-corrected chi connectivity index (χ1v) is 6.87. The zero-order chi connectivity index (χ0) is 14.5. The Hall–Kier alpha value is -1.88. The van der Waals surface area contributed by atoms with Gasteiger partial charge in [0.05, 0.1) is 18.6 Å². The molecule has 1 heterocycles. The molecule has 0 saturated heterocycles. The van der Waals surface area contributed by atoms with Crippen molar-refractivity contribution in [2.75, 3.05) is 24.7 Å². The van der Waals surface area contributed by atoms with E-state index in [4.69, 9.17) is 9.84 Å². The fraction of sp³-hybridized carbons (Fsp3) is 0.467. The average Bonchev–Trinajstić information content (AvgIpc) is 2.73. The van der Waals surface area contributed by atoms with Gasteiger partial charge in [-0.15, -0.1) is 0 Å². The van der Waals surface area contributed by atoms with Gasteiger partial charge in [-0.1, -0.05) is 19.4 Å². The van der Waals surface area contributed by atoms with Crippen molar-refractivity contribution in [3.63, 3.8) is 0 Å². The van der Waals surface area contributed by atoms with E-state index in [1.165, 1.54) is 6.07 Å². The number of anilines is 1. The van der Waals surface area contributed by atoms with Gasteiger partial charge in [-0.2, -0.15) is 0 Å². The van der Waals surface area contributed by atoms with Crippen molar-refractivity contribution in [3.05, 3.63) is 29.3 Å². The number of carbonyl (C=O) groups excluding carboxylic acids is 1. The Morgan fingerprint density at radius 3 is 2.90 bits per heavy atom. The van der Waals surface area contributed by atoms with Gasteiger partial charge in [0.1, 0.15) is 0 Å². The summed E-state index contributed by atoms with van der Waals surface area (Å²) in [5.41, 5.74) is 1.79. The van der Waals surface area contributed by atoms with E-state index in [0.717, 1.165) is 18.4 Å². The van der Waals surface area contributed by atoms with Crippen LogP contribution in [0.2, 0.25) is 0 Å². The molecule has 1 aliphatic heterocycles. The summed E-state index contributed by atoms with van der Waals surface area (Å²) < 4.78 is 5.47. The Labute approximate surface area is 118 Å². The number of carboxylic acid groups (broad SMARTS) is 1. The highest BCUT2D eigenvalue weighted by molar-refractivity contribution is 6.03. The fourth-order valence-electron chi connectivity index (χ4n) is 2.24. The van der Waals surface area contributed by atoms with E-state index in [1.807, 2.05) is 0 Å². The molecule has 0 fully saturated rings. The minimum atomic E-state index is -0.980. The molecule has 108 valence electrons. The summed E-state index contributed by atoms with van der Waals surface area (Å²) >= 11 is 0. The third-order valence-electron chi connectivity index (χ3n) is 3.37. The molecule has 20 heavy (non-hydrogen) atoms. The molecule has 0 unspecified atom stereocenters. The van der Waals surface area contributed by atoms with Crippen LogP contribution in [0.1, 0.15) is 35.7 Å². The molecule has 0 spiro atoms. The lowest BCUT2D eigenvalue weighted by Gasteiger charge is -2.17. The predicted molar refractivity (Wildman–Crippen MR) is 75.2 cm³/mol. The van der Waals surface area contributed by atoms with Crippen LogP contribution in [0.25, 0.3) is 0 Å². The molecule has 0 aliphatic carbocycles. The van der Waals surface area contributed by atoms with Gasteiger partial charge in [0, 0.05) is 18.8 Å². The van der Waals surface area contributed by atoms with Crippen LogP contribution in [0.15, 0.2) is 18.2 Å². The second-order valence-corrected chi connectivity index (χ2v) is 4.84. The normalized spacial score (nSPS) is 13.7. The number of carbonyl (C=O) groups is 2. The molecule has 0 atom stereocenters. The maximum atomic E-state index is 12.0. The summed E-state index contributed by atoms with van der Waals surface area (Å²) in [4.78, 5) is 24.6. The Morgan fingerprint density at radius 1 is 1.40 bits per heavy atom. The second kappa shape index (κ2) is 6.52. The van der Waals surface area contributed by atoms with Crippen LogP contribution in [0, 0.1) is 0 Å². The van der Waals surface area contributed by atoms with E-state index in [1.54, 1.807) is 17.0 Å². The quantitative estimate of drug-likeness (QED) is 0.775. The van der Waals surface area contributed by atoms with Crippen molar-refractivity contribution in [2.45, 2.75) is 26.2 Å². The molecule has 1 N–H and O–H groups in total. The Bertz CT molecular complexity index is 513. The number of benzene rings is 1. The van der Waals surface area contributed by atoms with Crippen LogP contribution >= 0.6 is 0 Å². The molecular formula is C15H19NO4. The number of fused-ring (bicyclic) bond motifs is 1. The highest BCUT2D eigenvalue weighted by Gasteiger charge is 2.27. The Balaban J connectivity index is 2.03. The molecular weight excluding hydrogens is 258 g/mol. The SMILES string of the molecule is CCCCOCCN1C(=O)Cc2ccc(C(=O)O)cc21. The summed E-state index contributed by atoms with van der Waals surface area (Å²) in [6.07, 6.45) is 2.42. The van der Waals surface area contributed by atoms with E-state index in [9.17, 15) is 9.59 Å². The van der Waals surface area contributed by atoms with Crippen LogP contribution < -0.4 is 4.90 Å². The van der Waals surface area contributed by atoms with Crippen LogP contribution in [0.3, 0.4) is 0 Å². The number of carboxylic acids is 1. The molecule has 1 amide bonds. The van der Waals surface area contributed by atoms with E-state index in [-0.39, 0.29) is 11.5 Å². The largest absolute Gasteiger partial charge is 0.478 e. The second-order valence-electron chi connectivity index (χ2n) is 4.84. The number of rotatable bonds is 7. The molecule has 0 aromatic heterocycles.